The maximum atomic E-state index is 11.5. The van der Waals surface area contributed by atoms with Gasteiger partial charge in [-0.3, -0.25) is 0 Å². The summed E-state index contributed by atoms with van der Waals surface area (Å²) < 4.78 is 12.4. The number of aromatic nitrogens is 1. The summed E-state index contributed by atoms with van der Waals surface area (Å²) >= 11 is 0. The van der Waals surface area contributed by atoms with Crippen molar-refractivity contribution in [2.24, 2.45) is 28.4 Å². The molecule has 3 aromatic rings. The van der Waals surface area contributed by atoms with Crippen molar-refractivity contribution in [3.8, 4) is 11.5 Å². The number of hydrogen-bond acceptors (Lipinski definition) is 8. The molecule has 2 heterocycles. The average Bonchev–Trinajstić information content (AvgIpc) is 4.02. The molecule has 0 amide bonds. The lowest BCUT2D eigenvalue weighted by Gasteiger charge is -2.39. The highest BCUT2D eigenvalue weighted by atomic mass is 16.5. The molecule has 2 aromatic heterocycles. The molecule has 1 spiro atoms. The van der Waals surface area contributed by atoms with Gasteiger partial charge in [0.15, 0.2) is 11.5 Å². The molecule has 0 aliphatic heterocycles. The third-order valence-corrected chi connectivity index (χ3v) is 14.4. The van der Waals surface area contributed by atoms with Crippen LogP contribution in [0, 0.1) is 22.7 Å². The van der Waals surface area contributed by atoms with Gasteiger partial charge in [-0.15, -0.1) is 0 Å². The zero-order valence-electron chi connectivity index (χ0n) is 33.4. The molecule has 3 saturated carbocycles. The fourth-order valence-electron chi connectivity index (χ4n) is 11.7. The highest BCUT2D eigenvalue weighted by Gasteiger charge is 2.51. The number of aliphatic hydroxyl groups is 3. The van der Waals surface area contributed by atoms with Gasteiger partial charge < -0.3 is 45.6 Å². The number of nitrogens with two attached hydrogens (primary N) is 1. The summed E-state index contributed by atoms with van der Waals surface area (Å²) in [5, 5.41) is 45.8. The molecule has 0 radical (unpaired) electrons. The number of benzene rings is 1. The number of nitrogens with one attached hydrogen (secondary N) is 2. The maximum Gasteiger partial charge on any atom is 0.161 e. The number of aromatic hydroxyl groups is 1. The van der Waals surface area contributed by atoms with Gasteiger partial charge in [0.1, 0.15) is 24.2 Å². The molecule has 5 atom stereocenters. The van der Waals surface area contributed by atoms with E-state index in [4.69, 9.17) is 14.9 Å². The number of aliphatic hydroxyl groups excluding tert-OH is 3. The molecule has 3 fully saturated rings. The molecule has 7 rings (SSSR count). The molecule has 4 aliphatic carbocycles. The lowest BCUT2D eigenvalue weighted by Crippen LogP contribution is -2.36. The molecule has 55 heavy (non-hydrogen) atoms. The summed E-state index contributed by atoms with van der Waals surface area (Å²) in [4.78, 5) is 3.69. The molecular weight excluding hydrogens is 691 g/mol. The number of H-pyrrole nitrogens is 1. The lowest BCUT2D eigenvalue weighted by atomic mass is 9.66. The summed E-state index contributed by atoms with van der Waals surface area (Å²) in [5.74, 6) is 3.84. The Labute approximate surface area is 328 Å². The van der Waals surface area contributed by atoms with Crippen molar-refractivity contribution in [3.05, 3.63) is 69.9 Å². The van der Waals surface area contributed by atoms with Crippen molar-refractivity contribution < 1.29 is 29.6 Å². The zero-order chi connectivity index (χ0) is 38.4. The van der Waals surface area contributed by atoms with E-state index in [1.165, 1.54) is 88.3 Å². The predicted octanol–water partition coefficient (Wildman–Crippen LogP) is 7.91. The minimum atomic E-state index is -0.872. The number of phenols is 1. The molecule has 9 heteroatoms. The Kier molecular flexibility index (Phi) is 13.4. The largest absolute Gasteiger partial charge is 0.504 e. The summed E-state index contributed by atoms with van der Waals surface area (Å²) in [7, 11) is 0. The Morgan fingerprint density at radius 2 is 1.76 bits per heavy atom. The zero-order valence-corrected chi connectivity index (χ0v) is 33.4. The summed E-state index contributed by atoms with van der Waals surface area (Å²) in [6.07, 6.45) is 20.8. The van der Waals surface area contributed by atoms with Crippen molar-refractivity contribution in [3.63, 3.8) is 0 Å². The molecule has 0 saturated heterocycles. The third kappa shape index (κ3) is 9.33. The van der Waals surface area contributed by atoms with Gasteiger partial charge in [0.2, 0.25) is 0 Å². The van der Waals surface area contributed by atoms with Crippen LogP contribution in [0.4, 0.5) is 0 Å². The fourth-order valence-corrected chi connectivity index (χ4v) is 11.7. The van der Waals surface area contributed by atoms with Crippen LogP contribution in [-0.2, 0) is 32.3 Å². The van der Waals surface area contributed by atoms with E-state index in [0.29, 0.717) is 47.8 Å². The van der Waals surface area contributed by atoms with E-state index in [2.05, 4.69) is 16.4 Å². The fraction of sp³-hybridized carbons (Fsp3) is 0.696. The van der Waals surface area contributed by atoms with Gasteiger partial charge in [-0.1, -0.05) is 44.6 Å². The standard InChI is InChI=1S/C46H69N3O6/c1-31(51)27-48-28-37-35-9-8-10-38(35)46(19-6-7-20-46)26-40-36(37)25-39(49-40)42(53)30-54-44-23-32(13-15-41(44)52)12-14-34-24-33(29-50)43(55-34)11-2-3-16-45(21-22-47)17-4-5-18-45/h13,15,23-25,31,35,37-38,42,48-53H,2-12,14,16-22,26-30,47H2,1H3/t31-,35-,37-,38-,42-/m0/s1. The smallest absolute Gasteiger partial charge is 0.161 e. The van der Waals surface area contributed by atoms with Gasteiger partial charge in [0.25, 0.3) is 0 Å². The third-order valence-electron chi connectivity index (χ3n) is 14.4. The van der Waals surface area contributed by atoms with Gasteiger partial charge in [0, 0.05) is 48.8 Å². The normalized spacial score (nSPS) is 23.8. The van der Waals surface area contributed by atoms with E-state index >= 15 is 0 Å². The van der Waals surface area contributed by atoms with E-state index in [9.17, 15) is 20.4 Å². The number of fused-ring (bicyclic) bond motifs is 3. The van der Waals surface area contributed by atoms with Crippen LogP contribution in [0.5, 0.6) is 11.5 Å². The minimum Gasteiger partial charge on any atom is -0.504 e. The van der Waals surface area contributed by atoms with Gasteiger partial charge in [-0.25, -0.2) is 0 Å². The number of ether oxygens (including phenoxy) is 1. The van der Waals surface area contributed by atoms with Gasteiger partial charge in [-0.2, -0.15) is 0 Å². The highest BCUT2D eigenvalue weighted by Crippen LogP contribution is 2.60. The predicted molar refractivity (Wildman–Crippen MR) is 216 cm³/mol. The Bertz CT molecular complexity index is 1670. The van der Waals surface area contributed by atoms with Crippen LogP contribution in [0.25, 0.3) is 0 Å². The van der Waals surface area contributed by atoms with E-state index in [1.807, 2.05) is 25.1 Å². The van der Waals surface area contributed by atoms with Crippen molar-refractivity contribution in [1.82, 2.24) is 10.3 Å². The summed E-state index contributed by atoms with van der Waals surface area (Å²) in [5.41, 5.74) is 12.0. The van der Waals surface area contributed by atoms with E-state index < -0.39 is 6.10 Å². The second-order valence-corrected chi connectivity index (χ2v) is 18.1. The summed E-state index contributed by atoms with van der Waals surface area (Å²) in [6.45, 7) is 4.00. The van der Waals surface area contributed by atoms with Crippen molar-refractivity contribution in [2.45, 2.75) is 154 Å². The van der Waals surface area contributed by atoms with E-state index in [-0.39, 0.29) is 25.1 Å². The average molecular weight is 760 g/mol. The van der Waals surface area contributed by atoms with Crippen LogP contribution < -0.4 is 15.8 Å². The highest BCUT2D eigenvalue weighted by molar-refractivity contribution is 5.42. The topological polar surface area (TPSA) is 157 Å². The van der Waals surface area contributed by atoms with Crippen LogP contribution in [0.3, 0.4) is 0 Å². The van der Waals surface area contributed by atoms with Gasteiger partial charge >= 0.3 is 0 Å². The number of furan rings is 1. The number of rotatable bonds is 19. The number of phenolic OH excluding ortho intramolecular Hbond substituents is 1. The molecule has 4 aliphatic rings. The number of aryl methyl sites for hydroxylation is 3. The lowest BCUT2D eigenvalue weighted by molar-refractivity contribution is 0.101. The SMILES string of the molecule is C[C@H](O)CNC[C@@H]1c2cc([C@@H](O)COc3cc(CCc4cc(CO)c(CCCCC5(CCN)CCCC5)o4)ccc3O)[nH]c2CC2(CCCC2)[C@H]2CCC[C@@H]12. The van der Waals surface area contributed by atoms with Crippen molar-refractivity contribution in [2.75, 3.05) is 26.2 Å². The molecule has 1 aromatic carbocycles. The molecule has 0 bridgehead atoms. The van der Waals surface area contributed by atoms with Crippen LogP contribution >= 0.6 is 0 Å². The van der Waals surface area contributed by atoms with Gasteiger partial charge in [0.05, 0.1) is 12.7 Å². The Morgan fingerprint density at radius 1 is 0.964 bits per heavy atom. The quantitative estimate of drug-likeness (QED) is 0.0608. The first-order valence-electron chi connectivity index (χ1n) is 21.9. The van der Waals surface area contributed by atoms with Crippen LogP contribution in [0.1, 0.15) is 155 Å². The minimum absolute atomic E-state index is 0.0211. The first-order chi connectivity index (χ1) is 26.7. The van der Waals surface area contributed by atoms with Crippen molar-refractivity contribution in [1.29, 1.82) is 0 Å². The number of unbranched alkanes of at least 4 members (excludes halogenated alkanes) is 1. The summed E-state index contributed by atoms with van der Waals surface area (Å²) in [6, 6.07) is 9.59. The van der Waals surface area contributed by atoms with Crippen LogP contribution in [-0.4, -0.2) is 57.8 Å². The maximum absolute atomic E-state index is 11.5. The van der Waals surface area contributed by atoms with Crippen LogP contribution in [0.15, 0.2) is 34.7 Å². The molecule has 8 N–H and O–H groups in total. The second-order valence-electron chi connectivity index (χ2n) is 18.1. The Balaban J connectivity index is 0.965. The molecule has 304 valence electrons. The molecular formula is C46H69N3O6. The van der Waals surface area contributed by atoms with Gasteiger partial charge in [-0.05, 0) is 142 Å². The first-order valence-corrected chi connectivity index (χ1v) is 21.9. The first kappa shape index (κ1) is 40.4. The van der Waals surface area contributed by atoms with Crippen LogP contribution in [0.2, 0.25) is 0 Å². The Morgan fingerprint density at radius 3 is 2.53 bits per heavy atom. The Hall–Kier alpha value is -2.82. The van der Waals surface area contributed by atoms with E-state index in [0.717, 1.165) is 79.5 Å². The van der Waals surface area contributed by atoms with Crippen molar-refractivity contribution >= 4 is 0 Å². The molecule has 0 unspecified atom stereocenters. The monoisotopic (exact) mass is 760 g/mol. The molecule has 9 nitrogen and oxygen atoms in total. The van der Waals surface area contributed by atoms with E-state index in [1.54, 1.807) is 6.07 Å². The second kappa shape index (κ2) is 18.2. The number of aromatic amines is 1. The number of hydrogen-bond donors (Lipinski definition) is 7.